The number of unbranched alkanes of at least 4 members (excludes halogenated alkanes) is 5. The fourth-order valence-electron chi connectivity index (χ4n) is 1.28. The van der Waals surface area contributed by atoms with Crippen LogP contribution in [-0.2, 0) is 9.53 Å². The first-order valence-electron chi connectivity index (χ1n) is 5.96. The van der Waals surface area contributed by atoms with Gasteiger partial charge in [-0.3, -0.25) is 4.79 Å². The molecule has 0 aliphatic rings. The van der Waals surface area contributed by atoms with Crippen molar-refractivity contribution >= 4 is 52.1 Å². The monoisotopic (exact) mass is 252 g/mol. The van der Waals surface area contributed by atoms with Crippen molar-refractivity contribution in [3.8, 4) is 0 Å². The molecule has 0 heterocycles. The Morgan fingerprint density at radius 2 is 1.50 bits per heavy atom. The summed E-state index contributed by atoms with van der Waals surface area (Å²) in [6, 6.07) is 0. The van der Waals surface area contributed by atoms with Gasteiger partial charge in [-0.2, -0.15) is 0 Å². The zero-order valence-corrected chi connectivity index (χ0v) is 13.9. The molecule has 0 aromatic heterocycles. The van der Waals surface area contributed by atoms with Crippen molar-refractivity contribution in [1.29, 1.82) is 0 Å². The normalized spacial score (nSPS) is 8.88. The van der Waals surface area contributed by atoms with Crippen molar-refractivity contribution in [2.75, 3.05) is 6.61 Å². The van der Waals surface area contributed by atoms with E-state index in [9.17, 15) is 4.79 Å². The summed E-state index contributed by atoms with van der Waals surface area (Å²) in [4.78, 5) is 11.1. The van der Waals surface area contributed by atoms with Crippen LogP contribution in [0.25, 0.3) is 0 Å². The van der Waals surface area contributed by atoms with Crippen LogP contribution in [0.5, 0.6) is 0 Å². The summed E-state index contributed by atoms with van der Waals surface area (Å²) in [6.45, 7) is 4.89. The van der Waals surface area contributed by atoms with Crippen molar-refractivity contribution in [2.45, 2.75) is 65.2 Å². The first-order valence-corrected chi connectivity index (χ1v) is 5.96. The zero-order chi connectivity index (χ0) is 10.6. The maximum absolute atomic E-state index is 11.1. The number of carbonyl (C=O) groups is 1. The molecular weight excluding hydrogens is 225 g/mol. The van der Waals surface area contributed by atoms with Gasteiger partial charge in [0.1, 0.15) is 0 Å². The third kappa shape index (κ3) is 17.4. The van der Waals surface area contributed by atoms with Crippen LogP contribution in [0.15, 0.2) is 0 Å². The Morgan fingerprint density at radius 3 is 2.06 bits per heavy atom. The minimum Gasteiger partial charge on any atom is -1.00 e. The molecule has 0 bridgehead atoms. The molecule has 0 aliphatic heterocycles. The molecule has 0 saturated carbocycles. The molecule has 0 saturated heterocycles. The molecule has 16 heavy (non-hydrogen) atoms. The first kappa shape index (κ1) is 22.2. The molecule has 0 unspecified atom stereocenters. The van der Waals surface area contributed by atoms with Gasteiger partial charge in [-0.05, 0) is 12.8 Å². The fourth-order valence-corrected chi connectivity index (χ4v) is 1.28. The van der Waals surface area contributed by atoms with E-state index in [1.54, 1.807) is 0 Å². The fraction of sp³-hybridized carbons (Fsp3) is 0.917. The van der Waals surface area contributed by atoms with Crippen molar-refractivity contribution in [3.63, 3.8) is 0 Å². The van der Waals surface area contributed by atoms with Crippen molar-refractivity contribution in [1.82, 2.24) is 0 Å². The number of hydrogen-bond acceptors (Lipinski definition) is 2. The van der Waals surface area contributed by atoms with E-state index in [-0.39, 0.29) is 57.8 Å². The second-order valence-corrected chi connectivity index (χ2v) is 3.74. The predicted molar refractivity (Wildman–Crippen MR) is 75.2 cm³/mol. The maximum Gasteiger partial charge on any atom is 2.00 e. The molecule has 0 rings (SSSR count). The Balaban J connectivity index is -0.0000000563. The average molecular weight is 253 g/mol. The number of rotatable bonds is 9. The van der Waals surface area contributed by atoms with E-state index >= 15 is 0 Å². The van der Waals surface area contributed by atoms with Crippen LogP contribution in [0.4, 0.5) is 0 Å². The van der Waals surface area contributed by atoms with E-state index in [0.29, 0.717) is 13.0 Å². The molecule has 0 aromatic rings. The molecule has 92 valence electrons. The van der Waals surface area contributed by atoms with Gasteiger partial charge in [0.15, 0.2) is 0 Å². The Bertz CT molecular complexity index is 155. The number of ether oxygens (including phenoxy) is 1. The predicted octanol–water partition coefficient (Wildman–Crippen LogP) is 3.38. The molecule has 4 heteroatoms. The molecule has 0 amide bonds. The number of hydrogen-bond donors (Lipinski definition) is 0. The van der Waals surface area contributed by atoms with Crippen LogP contribution in [0, 0.1) is 0 Å². The van der Waals surface area contributed by atoms with Crippen molar-refractivity contribution in [2.24, 2.45) is 0 Å². The van der Waals surface area contributed by atoms with Gasteiger partial charge < -0.3 is 10.4 Å². The van der Waals surface area contributed by atoms with E-state index in [0.717, 1.165) is 25.7 Å². The van der Waals surface area contributed by atoms with Gasteiger partial charge in [-0.1, -0.05) is 46.0 Å². The number of esters is 1. The van der Waals surface area contributed by atoms with E-state index < -0.39 is 0 Å². The van der Waals surface area contributed by atoms with Crippen LogP contribution in [0.2, 0.25) is 0 Å². The molecule has 0 fully saturated rings. The van der Waals surface area contributed by atoms with Crippen LogP contribution in [-0.4, -0.2) is 58.7 Å². The summed E-state index contributed by atoms with van der Waals surface area (Å²) in [5.41, 5.74) is 0. The molecule has 0 spiro atoms. The SMILES string of the molecule is CCCCCCCC(=O)OCCCC.[H-].[H-].[H-].[H-].[Mg+2].[Mg+2]. The quantitative estimate of drug-likeness (QED) is 0.357. The molecule has 0 aromatic carbocycles. The molecule has 2 nitrogen and oxygen atoms in total. The van der Waals surface area contributed by atoms with Crippen molar-refractivity contribution in [3.05, 3.63) is 0 Å². The summed E-state index contributed by atoms with van der Waals surface area (Å²) < 4.78 is 5.05. The van der Waals surface area contributed by atoms with Gasteiger partial charge in [0.2, 0.25) is 0 Å². The van der Waals surface area contributed by atoms with Crippen LogP contribution in [0.1, 0.15) is 70.9 Å². The molecule has 0 N–H and O–H groups in total. The van der Waals surface area contributed by atoms with Gasteiger partial charge in [0, 0.05) is 6.42 Å². The van der Waals surface area contributed by atoms with E-state index in [4.69, 9.17) is 4.74 Å². The second kappa shape index (κ2) is 18.4. The largest absolute Gasteiger partial charge is 2.00 e. The minimum atomic E-state index is -0.0186. The van der Waals surface area contributed by atoms with Crippen LogP contribution < -0.4 is 0 Å². The minimum absolute atomic E-state index is 0. The number of carbonyl (C=O) groups excluding carboxylic acids is 1. The maximum atomic E-state index is 11.1. The molecule has 0 atom stereocenters. The average Bonchev–Trinajstić information content (AvgIpc) is 2.18. The van der Waals surface area contributed by atoms with E-state index in [2.05, 4.69) is 13.8 Å². The third-order valence-electron chi connectivity index (χ3n) is 2.25. The Labute approximate surface area is 139 Å². The van der Waals surface area contributed by atoms with Gasteiger partial charge in [0.05, 0.1) is 6.61 Å². The van der Waals surface area contributed by atoms with Crippen LogP contribution >= 0.6 is 0 Å². The molecular formula is C12H28Mg2O2. The summed E-state index contributed by atoms with van der Waals surface area (Å²) in [5.74, 6) is -0.0186. The Morgan fingerprint density at radius 1 is 0.938 bits per heavy atom. The van der Waals surface area contributed by atoms with E-state index in [1.807, 2.05) is 0 Å². The Hall–Kier alpha value is 1.00. The van der Waals surface area contributed by atoms with Gasteiger partial charge >= 0.3 is 52.1 Å². The summed E-state index contributed by atoms with van der Waals surface area (Å²) in [6.07, 6.45) is 8.62. The van der Waals surface area contributed by atoms with Gasteiger partial charge in [0.25, 0.3) is 0 Å². The summed E-state index contributed by atoms with van der Waals surface area (Å²) in [5, 5.41) is 0. The van der Waals surface area contributed by atoms with Crippen LogP contribution in [0.3, 0.4) is 0 Å². The second-order valence-electron chi connectivity index (χ2n) is 3.74. The molecule has 0 aliphatic carbocycles. The van der Waals surface area contributed by atoms with E-state index in [1.165, 1.54) is 19.3 Å². The smallest absolute Gasteiger partial charge is 1.00 e. The summed E-state index contributed by atoms with van der Waals surface area (Å²) >= 11 is 0. The first-order chi connectivity index (χ1) is 6.81. The Kier molecular flexibility index (Phi) is 25.5. The third-order valence-corrected chi connectivity index (χ3v) is 2.25. The van der Waals surface area contributed by atoms with Crippen molar-refractivity contribution < 1.29 is 15.2 Å². The summed E-state index contributed by atoms with van der Waals surface area (Å²) in [7, 11) is 0. The van der Waals surface area contributed by atoms with Gasteiger partial charge in [-0.15, -0.1) is 0 Å². The topological polar surface area (TPSA) is 26.3 Å². The standard InChI is InChI=1S/C12H24O2.2Mg.4H/c1-3-5-7-8-9-10-12(13)14-11-6-4-2;;;;;;/h3-11H2,1-2H3;;;;;;/q;2*+2;4*-1. The van der Waals surface area contributed by atoms with Gasteiger partial charge in [-0.25, -0.2) is 0 Å². The molecule has 0 radical (unpaired) electrons. The zero-order valence-electron chi connectivity index (χ0n) is 15.1.